The maximum absolute atomic E-state index is 11.6. The number of carbonyl (C=O) groups is 1. The van der Waals surface area contributed by atoms with Crippen molar-refractivity contribution in [2.75, 3.05) is 0 Å². The minimum atomic E-state index is 0.0634. The van der Waals surface area contributed by atoms with Gasteiger partial charge in [-0.2, -0.15) is 0 Å². The molecule has 0 saturated heterocycles. The van der Waals surface area contributed by atoms with E-state index in [9.17, 15) is 4.79 Å². The van der Waals surface area contributed by atoms with Crippen LogP contribution >= 0.6 is 11.6 Å². The van der Waals surface area contributed by atoms with E-state index in [0.29, 0.717) is 17.4 Å². The van der Waals surface area contributed by atoms with Crippen LogP contribution in [0, 0.1) is 0 Å². The first-order valence-corrected chi connectivity index (χ1v) is 5.29. The highest BCUT2D eigenvalue weighted by Crippen LogP contribution is 2.29. The zero-order chi connectivity index (χ0) is 9.97. The van der Waals surface area contributed by atoms with E-state index in [0.717, 1.165) is 24.8 Å². The topological polar surface area (TPSA) is 30.0 Å². The lowest BCUT2D eigenvalue weighted by atomic mass is 9.84. The minimum Gasteiger partial charge on any atom is -0.299 e. The van der Waals surface area contributed by atoms with Gasteiger partial charge < -0.3 is 0 Å². The van der Waals surface area contributed by atoms with Gasteiger partial charge in [0.25, 0.3) is 0 Å². The fourth-order valence-corrected chi connectivity index (χ4v) is 2.04. The molecule has 1 aromatic rings. The second-order valence-corrected chi connectivity index (χ2v) is 4.07. The van der Waals surface area contributed by atoms with Crippen LogP contribution in [0.3, 0.4) is 0 Å². The molecule has 2 rings (SSSR count). The van der Waals surface area contributed by atoms with Crippen molar-refractivity contribution in [2.24, 2.45) is 0 Å². The molecule has 1 heterocycles. The summed E-state index contributed by atoms with van der Waals surface area (Å²) in [5, 5.41) is 0.483. The normalized spacial score (nSPS) is 22.4. The molecule has 0 bridgehead atoms. The lowest BCUT2D eigenvalue weighted by Gasteiger charge is -2.20. The van der Waals surface area contributed by atoms with Crippen molar-refractivity contribution in [1.82, 2.24) is 4.98 Å². The molecule has 3 heteroatoms. The van der Waals surface area contributed by atoms with E-state index in [2.05, 4.69) is 4.98 Å². The molecule has 1 fully saturated rings. The van der Waals surface area contributed by atoms with Crippen molar-refractivity contribution in [3.63, 3.8) is 0 Å². The van der Waals surface area contributed by atoms with Crippen LogP contribution in [0.15, 0.2) is 18.3 Å². The van der Waals surface area contributed by atoms with Crippen LogP contribution in [0.5, 0.6) is 0 Å². The molecule has 0 N–H and O–H groups in total. The van der Waals surface area contributed by atoms with Crippen LogP contribution in [0.2, 0.25) is 5.15 Å². The Kier molecular flexibility index (Phi) is 2.82. The zero-order valence-corrected chi connectivity index (χ0v) is 8.63. The Labute approximate surface area is 88.3 Å². The predicted molar refractivity (Wildman–Crippen MR) is 55.5 cm³/mol. The molecule has 0 aromatic carbocycles. The Morgan fingerprint density at radius 1 is 1.36 bits per heavy atom. The van der Waals surface area contributed by atoms with E-state index in [1.165, 1.54) is 0 Å². The predicted octanol–water partition coefficient (Wildman–Crippen LogP) is 2.96. The third-order valence-electron chi connectivity index (χ3n) is 2.71. The summed E-state index contributed by atoms with van der Waals surface area (Å²) in [6.45, 7) is 0. The summed E-state index contributed by atoms with van der Waals surface area (Å²) >= 11 is 5.69. The van der Waals surface area contributed by atoms with Crippen LogP contribution in [-0.4, -0.2) is 10.8 Å². The molecule has 0 radical (unpaired) electrons. The summed E-state index contributed by atoms with van der Waals surface area (Å²) in [6, 6.07) is 3.65. The molecule has 1 saturated carbocycles. The van der Waals surface area contributed by atoms with Gasteiger partial charge in [-0.3, -0.25) is 4.79 Å². The van der Waals surface area contributed by atoms with Crippen LogP contribution in [0.1, 0.15) is 37.2 Å². The molecule has 0 aliphatic heterocycles. The Hall–Kier alpha value is -0.890. The molecular weight excluding hydrogens is 198 g/mol. The fourth-order valence-electron chi connectivity index (χ4n) is 1.93. The molecule has 0 unspecified atom stereocenters. The summed E-state index contributed by atoms with van der Waals surface area (Å²) in [6.07, 6.45) is 5.57. The number of ketones is 1. The second kappa shape index (κ2) is 4.09. The van der Waals surface area contributed by atoms with E-state index in [4.69, 9.17) is 11.6 Å². The van der Waals surface area contributed by atoms with E-state index in [1.807, 2.05) is 6.07 Å². The Morgan fingerprint density at radius 3 is 2.86 bits per heavy atom. The first kappa shape index (κ1) is 9.66. The van der Waals surface area contributed by atoms with E-state index < -0.39 is 0 Å². The van der Waals surface area contributed by atoms with Crippen molar-refractivity contribution >= 4 is 17.4 Å². The molecule has 74 valence electrons. The summed E-state index contributed by atoms with van der Waals surface area (Å²) in [5.74, 6) is 0.411. The molecule has 0 spiro atoms. The number of halogens is 1. The number of hydrogen-bond donors (Lipinski definition) is 0. The van der Waals surface area contributed by atoms with Crippen molar-refractivity contribution in [3.05, 3.63) is 29.0 Å². The fraction of sp³-hybridized carbons (Fsp3) is 0.455. The number of carbonyl (C=O) groups excluding carboxylic acids is 1. The van der Waals surface area contributed by atoms with Gasteiger partial charge in [0.15, 0.2) is 0 Å². The highest BCUT2D eigenvalue weighted by Gasteiger charge is 2.23. The molecule has 1 aromatic heterocycles. The highest BCUT2D eigenvalue weighted by atomic mass is 35.5. The Balaban J connectivity index is 2.20. The molecule has 1 atom stereocenters. The van der Waals surface area contributed by atoms with Gasteiger partial charge >= 0.3 is 0 Å². The maximum atomic E-state index is 11.6. The average molecular weight is 210 g/mol. The van der Waals surface area contributed by atoms with Gasteiger partial charge in [0.2, 0.25) is 0 Å². The van der Waals surface area contributed by atoms with Crippen LogP contribution in [0.4, 0.5) is 0 Å². The lowest BCUT2D eigenvalue weighted by Crippen LogP contribution is -2.16. The summed E-state index contributed by atoms with van der Waals surface area (Å²) < 4.78 is 0. The maximum Gasteiger partial charge on any atom is 0.140 e. The SMILES string of the molecule is O=C1CCCC[C@@H]1c1ccc(Cl)nc1. The first-order chi connectivity index (χ1) is 6.77. The largest absolute Gasteiger partial charge is 0.299 e. The van der Waals surface area contributed by atoms with Crippen molar-refractivity contribution in [2.45, 2.75) is 31.6 Å². The van der Waals surface area contributed by atoms with Gasteiger partial charge in [0.1, 0.15) is 10.9 Å². The second-order valence-electron chi connectivity index (χ2n) is 3.68. The number of aromatic nitrogens is 1. The van der Waals surface area contributed by atoms with Gasteiger partial charge in [-0.15, -0.1) is 0 Å². The van der Waals surface area contributed by atoms with Gasteiger partial charge in [0, 0.05) is 18.5 Å². The number of nitrogens with zero attached hydrogens (tertiary/aromatic N) is 1. The Bertz CT molecular complexity index is 334. The summed E-state index contributed by atoms with van der Waals surface area (Å²) in [4.78, 5) is 15.6. The molecule has 1 aliphatic rings. The summed E-state index contributed by atoms with van der Waals surface area (Å²) in [5.41, 5.74) is 1.01. The molecular formula is C11H12ClNO. The van der Waals surface area contributed by atoms with Gasteiger partial charge in [-0.1, -0.05) is 24.1 Å². The van der Waals surface area contributed by atoms with E-state index in [-0.39, 0.29) is 5.92 Å². The smallest absolute Gasteiger partial charge is 0.140 e. The molecule has 2 nitrogen and oxygen atoms in total. The lowest BCUT2D eigenvalue weighted by molar-refractivity contribution is -0.121. The van der Waals surface area contributed by atoms with Gasteiger partial charge in [-0.25, -0.2) is 4.98 Å². The molecule has 0 amide bonds. The molecule has 1 aliphatic carbocycles. The van der Waals surface area contributed by atoms with Gasteiger partial charge in [0.05, 0.1) is 0 Å². The first-order valence-electron chi connectivity index (χ1n) is 4.91. The van der Waals surface area contributed by atoms with E-state index in [1.54, 1.807) is 12.3 Å². The number of pyridine rings is 1. The van der Waals surface area contributed by atoms with Crippen molar-refractivity contribution < 1.29 is 4.79 Å². The zero-order valence-electron chi connectivity index (χ0n) is 7.87. The Morgan fingerprint density at radius 2 is 2.21 bits per heavy atom. The van der Waals surface area contributed by atoms with Crippen LogP contribution in [0.25, 0.3) is 0 Å². The number of hydrogen-bond acceptors (Lipinski definition) is 2. The monoisotopic (exact) mass is 209 g/mol. The number of Topliss-reactive ketones (excluding diaryl/α,β-unsaturated/α-hetero) is 1. The third kappa shape index (κ3) is 1.95. The van der Waals surface area contributed by atoms with Crippen molar-refractivity contribution in [1.29, 1.82) is 0 Å². The van der Waals surface area contributed by atoms with Gasteiger partial charge in [-0.05, 0) is 24.5 Å². The van der Waals surface area contributed by atoms with Crippen LogP contribution in [-0.2, 0) is 4.79 Å². The molecule has 14 heavy (non-hydrogen) atoms. The van der Waals surface area contributed by atoms with E-state index >= 15 is 0 Å². The standard InChI is InChI=1S/C11H12ClNO/c12-11-6-5-8(7-13-11)9-3-1-2-4-10(9)14/h5-7,9H,1-4H2/t9-/m1/s1. The quantitative estimate of drug-likeness (QED) is 0.666. The van der Waals surface area contributed by atoms with Crippen molar-refractivity contribution in [3.8, 4) is 0 Å². The minimum absolute atomic E-state index is 0.0634. The summed E-state index contributed by atoms with van der Waals surface area (Å²) in [7, 11) is 0. The highest BCUT2D eigenvalue weighted by molar-refractivity contribution is 6.29. The number of rotatable bonds is 1. The average Bonchev–Trinajstić information content (AvgIpc) is 2.20. The third-order valence-corrected chi connectivity index (χ3v) is 2.93. The van der Waals surface area contributed by atoms with Crippen LogP contribution < -0.4 is 0 Å².